The summed E-state index contributed by atoms with van der Waals surface area (Å²) in [6.07, 6.45) is 7.51. The number of hydrogen-bond acceptors (Lipinski definition) is 5. The summed E-state index contributed by atoms with van der Waals surface area (Å²) in [5.41, 5.74) is 1.49. The Labute approximate surface area is 122 Å². The topological polar surface area (TPSA) is 37.8 Å². The normalized spacial score (nSPS) is 14.9. The molecular weight excluding hydrogens is 274 g/mol. The second-order valence-corrected chi connectivity index (χ2v) is 8.17. The molecule has 0 saturated carbocycles. The van der Waals surface area contributed by atoms with E-state index in [0.29, 0.717) is 0 Å². The first-order valence-corrected chi connectivity index (χ1v) is 8.69. The highest BCUT2D eigenvalue weighted by Gasteiger charge is 2.22. The predicted molar refractivity (Wildman–Crippen MR) is 85.5 cm³/mol. The van der Waals surface area contributed by atoms with Crippen molar-refractivity contribution in [2.45, 2.75) is 37.9 Å². The minimum absolute atomic E-state index is 0.219. The number of hydrogen-bond donors (Lipinski definition) is 1. The van der Waals surface area contributed by atoms with Crippen LogP contribution in [-0.2, 0) is 12.8 Å². The van der Waals surface area contributed by atoms with E-state index in [0.717, 1.165) is 17.2 Å². The third-order valence-electron chi connectivity index (χ3n) is 3.74. The van der Waals surface area contributed by atoms with Crippen molar-refractivity contribution in [3.8, 4) is 0 Å². The van der Waals surface area contributed by atoms with E-state index >= 15 is 0 Å². The van der Waals surface area contributed by atoms with Crippen molar-refractivity contribution in [2.24, 2.45) is 0 Å². The van der Waals surface area contributed by atoms with Gasteiger partial charge in [-0.25, -0.2) is 9.97 Å². The summed E-state index contributed by atoms with van der Waals surface area (Å²) >= 11 is 3.72. The van der Waals surface area contributed by atoms with E-state index in [-0.39, 0.29) is 4.75 Å². The molecule has 19 heavy (non-hydrogen) atoms. The van der Waals surface area contributed by atoms with Crippen molar-refractivity contribution < 1.29 is 0 Å². The molecule has 1 N–H and O–H groups in total. The van der Waals surface area contributed by atoms with E-state index < -0.39 is 0 Å². The molecule has 0 spiro atoms. The molecule has 1 aliphatic rings. The van der Waals surface area contributed by atoms with E-state index in [9.17, 15) is 0 Å². The van der Waals surface area contributed by atoms with Gasteiger partial charge >= 0.3 is 0 Å². The molecule has 1 aliphatic carbocycles. The highest BCUT2D eigenvalue weighted by atomic mass is 32.2. The summed E-state index contributed by atoms with van der Waals surface area (Å²) in [7, 11) is 0. The summed E-state index contributed by atoms with van der Waals surface area (Å²) in [6, 6.07) is 0. The molecule has 3 rings (SSSR count). The SMILES string of the molecule is CSC(C)(C)CNc1ncnc2sc3c(c12)CCC3. The predicted octanol–water partition coefficient (Wildman–Crippen LogP) is 3.73. The molecule has 0 aliphatic heterocycles. The largest absolute Gasteiger partial charge is 0.368 e. The Morgan fingerprint density at radius 2 is 2.21 bits per heavy atom. The summed E-state index contributed by atoms with van der Waals surface area (Å²) in [5, 5.41) is 4.80. The first-order chi connectivity index (χ1) is 9.11. The second kappa shape index (κ2) is 4.94. The Balaban J connectivity index is 1.95. The maximum atomic E-state index is 4.47. The average molecular weight is 293 g/mol. The highest BCUT2D eigenvalue weighted by molar-refractivity contribution is 7.99. The van der Waals surface area contributed by atoms with Gasteiger partial charge in [0.05, 0.1) is 5.39 Å². The molecule has 0 unspecified atom stereocenters. The lowest BCUT2D eigenvalue weighted by Crippen LogP contribution is -2.26. The molecule has 2 aromatic heterocycles. The molecule has 2 heterocycles. The fourth-order valence-corrected chi connectivity index (χ4v) is 3.88. The molecule has 3 nitrogen and oxygen atoms in total. The molecule has 2 aromatic rings. The summed E-state index contributed by atoms with van der Waals surface area (Å²) < 4.78 is 0.219. The van der Waals surface area contributed by atoms with Crippen LogP contribution in [0.3, 0.4) is 0 Å². The number of aryl methyl sites for hydroxylation is 2. The number of aromatic nitrogens is 2. The molecule has 0 bridgehead atoms. The standard InChI is InChI=1S/C14H19N3S2/c1-14(2,18-3)7-15-12-11-9-5-4-6-10(9)19-13(11)17-8-16-12/h8H,4-7H2,1-3H3,(H,15,16,17). The Morgan fingerprint density at radius 3 is 3.00 bits per heavy atom. The monoisotopic (exact) mass is 293 g/mol. The molecule has 0 radical (unpaired) electrons. The van der Waals surface area contributed by atoms with Gasteiger partial charge in [0.2, 0.25) is 0 Å². The van der Waals surface area contributed by atoms with Crippen LogP contribution in [0.4, 0.5) is 5.82 Å². The van der Waals surface area contributed by atoms with Gasteiger partial charge in [0, 0.05) is 16.2 Å². The summed E-state index contributed by atoms with van der Waals surface area (Å²) in [5.74, 6) is 1.02. The Hall–Kier alpha value is -0.810. The van der Waals surface area contributed by atoms with Crippen LogP contribution in [0.15, 0.2) is 6.33 Å². The maximum Gasteiger partial charge on any atom is 0.138 e. The highest BCUT2D eigenvalue weighted by Crippen LogP contribution is 2.39. The Morgan fingerprint density at radius 1 is 1.37 bits per heavy atom. The van der Waals surface area contributed by atoms with Crippen LogP contribution < -0.4 is 5.32 Å². The first kappa shape index (κ1) is 13.2. The van der Waals surface area contributed by atoms with E-state index in [1.165, 1.54) is 35.1 Å². The van der Waals surface area contributed by atoms with Gasteiger partial charge in [-0.3, -0.25) is 0 Å². The number of fused-ring (bicyclic) bond motifs is 3. The molecule has 0 fully saturated rings. The van der Waals surface area contributed by atoms with Crippen molar-refractivity contribution in [3.63, 3.8) is 0 Å². The van der Waals surface area contributed by atoms with Crippen molar-refractivity contribution >= 4 is 39.1 Å². The van der Waals surface area contributed by atoms with Crippen LogP contribution in [0.25, 0.3) is 10.2 Å². The number of anilines is 1. The number of thiophene rings is 1. The van der Waals surface area contributed by atoms with Crippen molar-refractivity contribution in [3.05, 3.63) is 16.8 Å². The molecule has 0 aromatic carbocycles. The van der Waals surface area contributed by atoms with Gasteiger partial charge in [0.25, 0.3) is 0 Å². The molecule has 0 amide bonds. The van der Waals surface area contributed by atoms with Crippen LogP contribution in [0.1, 0.15) is 30.7 Å². The van der Waals surface area contributed by atoms with Crippen LogP contribution in [0.2, 0.25) is 0 Å². The Bertz CT molecular complexity index is 604. The second-order valence-electron chi connectivity index (χ2n) is 5.58. The summed E-state index contributed by atoms with van der Waals surface area (Å²) in [4.78, 5) is 11.6. The minimum atomic E-state index is 0.219. The smallest absolute Gasteiger partial charge is 0.138 e. The van der Waals surface area contributed by atoms with Gasteiger partial charge in [-0.05, 0) is 44.9 Å². The Kier molecular flexibility index (Phi) is 3.43. The van der Waals surface area contributed by atoms with E-state index in [1.54, 1.807) is 6.33 Å². The number of nitrogens with zero attached hydrogens (tertiary/aromatic N) is 2. The number of rotatable bonds is 4. The fourth-order valence-electron chi connectivity index (χ4n) is 2.43. The molecule has 102 valence electrons. The quantitative estimate of drug-likeness (QED) is 0.932. The van der Waals surface area contributed by atoms with Crippen molar-refractivity contribution in [1.82, 2.24) is 9.97 Å². The lowest BCUT2D eigenvalue weighted by Gasteiger charge is -2.22. The van der Waals surface area contributed by atoms with E-state index in [1.807, 2.05) is 23.1 Å². The van der Waals surface area contributed by atoms with Crippen LogP contribution in [0.5, 0.6) is 0 Å². The summed E-state index contributed by atoms with van der Waals surface area (Å²) in [6.45, 7) is 5.42. The fraction of sp³-hybridized carbons (Fsp3) is 0.571. The van der Waals surface area contributed by atoms with Gasteiger partial charge < -0.3 is 5.32 Å². The van der Waals surface area contributed by atoms with Crippen LogP contribution in [0, 0.1) is 0 Å². The van der Waals surface area contributed by atoms with Crippen molar-refractivity contribution in [2.75, 3.05) is 18.1 Å². The van der Waals surface area contributed by atoms with Crippen molar-refractivity contribution in [1.29, 1.82) is 0 Å². The van der Waals surface area contributed by atoms with Gasteiger partial charge in [-0.15, -0.1) is 11.3 Å². The number of thioether (sulfide) groups is 1. The third-order valence-corrected chi connectivity index (χ3v) is 6.18. The lowest BCUT2D eigenvalue weighted by molar-refractivity contribution is 0.750. The van der Waals surface area contributed by atoms with Gasteiger partial charge in [-0.1, -0.05) is 0 Å². The lowest BCUT2D eigenvalue weighted by atomic mass is 10.1. The van der Waals surface area contributed by atoms with Gasteiger partial charge in [0.1, 0.15) is 17.0 Å². The zero-order chi connectivity index (χ0) is 13.5. The molecule has 0 atom stereocenters. The van der Waals surface area contributed by atoms with E-state index in [2.05, 4.69) is 35.4 Å². The third kappa shape index (κ3) is 2.46. The first-order valence-electron chi connectivity index (χ1n) is 6.65. The molecular formula is C14H19N3S2. The van der Waals surface area contributed by atoms with Gasteiger partial charge in [0.15, 0.2) is 0 Å². The van der Waals surface area contributed by atoms with E-state index in [4.69, 9.17) is 0 Å². The van der Waals surface area contributed by atoms with Crippen LogP contribution in [-0.4, -0.2) is 27.5 Å². The van der Waals surface area contributed by atoms with Crippen LogP contribution >= 0.6 is 23.1 Å². The zero-order valence-corrected chi connectivity index (χ0v) is 13.2. The minimum Gasteiger partial charge on any atom is -0.368 e. The maximum absolute atomic E-state index is 4.47. The van der Waals surface area contributed by atoms with Gasteiger partial charge in [-0.2, -0.15) is 11.8 Å². The average Bonchev–Trinajstić information content (AvgIpc) is 2.96. The number of nitrogens with one attached hydrogen (secondary N) is 1. The zero-order valence-electron chi connectivity index (χ0n) is 11.6. The molecule has 5 heteroatoms. The molecule has 0 saturated heterocycles.